The Bertz CT molecular complexity index is 722. The summed E-state index contributed by atoms with van der Waals surface area (Å²) >= 11 is 0. The van der Waals surface area contributed by atoms with Crippen LogP contribution in [0.4, 0.5) is 4.39 Å². The Morgan fingerprint density at radius 3 is 1.17 bits per heavy atom. The molecule has 0 atom stereocenters. The molecular formula is C40H69FO. The van der Waals surface area contributed by atoms with Crippen LogP contribution in [0.5, 0.6) is 0 Å². The maximum Gasteiger partial charge on any atom is 0.151 e. The van der Waals surface area contributed by atoms with Gasteiger partial charge in [0.25, 0.3) is 0 Å². The van der Waals surface area contributed by atoms with E-state index >= 15 is 4.39 Å². The Morgan fingerprint density at radius 1 is 0.500 bits per heavy atom. The van der Waals surface area contributed by atoms with E-state index in [1.807, 2.05) is 0 Å². The molecule has 5 rings (SSSR count). The summed E-state index contributed by atoms with van der Waals surface area (Å²) in [7, 11) is 0. The van der Waals surface area contributed by atoms with E-state index in [-0.39, 0.29) is 0 Å². The number of halogens is 1. The molecule has 0 N–H and O–H groups in total. The van der Waals surface area contributed by atoms with E-state index in [4.69, 9.17) is 0 Å². The van der Waals surface area contributed by atoms with Crippen LogP contribution in [0.15, 0.2) is 0 Å². The summed E-state index contributed by atoms with van der Waals surface area (Å²) in [5, 5.41) is 0. The topological polar surface area (TPSA) is 17.1 Å². The molecule has 242 valence electrons. The first kappa shape index (κ1) is 33.0. The first-order chi connectivity index (χ1) is 20.5. The number of carbonyl (C=O) groups excluding carboxylic acids is 1. The van der Waals surface area contributed by atoms with Gasteiger partial charge in [-0.1, -0.05) is 117 Å². The van der Waals surface area contributed by atoms with Crippen molar-refractivity contribution in [3.63, 3.8) is 0 Å². The van der Waals surface area contributed by atoms with E-state index in [9.17, 15) is 4.79 Å². The number of carbonyl (C=O) groups is 1. The molecule has 0 aromatic heterocycles. The third-order valence-corrected chi connectivity index (χ3v) is 14.3. The van der Waals surface area contributed by atoms with Crippen LogP contribution < -0.4 is 0 Å². The van der Waals surface area contributed by atoms with Gasteiger partial charge in [0.05, 0.1) is 10.8 Å². The standard InChI is InChI=1S/C40H69FO/c1-3-5-7-9-11-13-31-15-19-33(20-16-31)35-23-27-39(28-24-35)37(41)40(38(39)42)29-25-36(26-30-40)34-21-17-32(18-22-34)14-12-10-8-6-4-2/h31-37H,3-30H2,1-2H3/t31?,32?,33?,34?,35?,36?,37?,39-,40-. The van der Waals surface area contributed by atoms with Gasteiger partial charge in [0.15, 0.2) is 5.78 Å². The summed E-state index contributed by atoms with van der Waals surface area (Å²) in [5.74, 6) is 5.55. The summed E-state index contributed by atoms with van der Waals surface area (Å²) < 4.78 is 16.3. The summed E-state index contributed by atoms with van der Waals surface area (Å²) in [6, 6.07) is 0. The fraction of sp³-hybridized carbons (Fsp3) is 0.975. The van der Waals surface area contributed by atoms with Crippen LogP contribution in [-0.4, -0.2) is 12.0 Å². The van der Waals surface area contributed by atoms with Gasteiger partial charge in [-0.3, -0.25) is 4.79 Å². The predicted molar refractivity (Wildman–Crippen MR) is 176 cm³/mol. The van der Waals surface area contributed by atoms with Crippen molar-refractivity contribution in [1.29, 1.82) is 0 Å². The predicted octanol–water partition coefficient (Wildman–Crippen LogP) is 12.6. The van der Waals surface area contributed by atoms with Crippen molar-refractivity contribution < 1.29 is 9.18 Å². The highest BCUT2D eigenvalue weighted by molar-refractivity contribution is 5.98. The summed E-state index contributed by atoms with van der Waals surface area (Å²) in [6.07, 6.45) is 35.4. The van der Waals surface area contributed by atoms with Crippen molar-refractivity contribution >= 4 is 5.78 Å². The second-order valence-corrected chi connectivity index (χ2v) is 16.6. The Labute approximate surface area is 260 Å². The Morgan fingerprint density at radius 2 is 0.833 bits per heavy atom. The van der Waals surface area contributed by atoms with Crippen LogP contribution in [0.3, 0.4) is 0 Å². The van der Waals surface area contributed by atoms with Crippen LogP contribution in [0.2, 0.25) is 0 Å². The Balaban J connectivity index is 0.992. The third-order valence-electron chi connectivity index (χ3n) is 14.3. The van der Waals surface area contributed by atoms with Crippen LogP contribution in [0.25, 0.3) is 0 Å². The summed E-state index contributed by atoms with van der Waals surface area (Å²) in [5.41, 5.74) is -1.15. The van der Waals surface area contributed by atoms with Crippen LogP contribution >= 0.6 is 0 Å². The van der Waals surface area contributed by atoms with E-state index in [0.717, 1.165) is 86.9 Å². The van der Waals surface area contributed by atoms with E-state index in [0.29, 0.717) is 5.78 Å². The monoisotopic (exact) mass is 585 g/mol. The highest BCUT2D eigenvalue weighted by Crippen LogP contribution is 2.66. The minimum absolute atomic E-state index is 0.387. The van der Waals surface area contributed by atoms with Gasteiger partial charge in [-0.15, -0.1) is 0 Å². The zero-order valence-electron chi connectivity index (χ0n) is 28.1. The average Bonchev–Trinajstić information content (AvgIpc) is 3.05. The van der Waals surface area contributed by atoms with Crippen LogP contribution in [-0.2, 0) is 4.79 Å². The molecule has 0 amide bonds. The van der Waals surface area contributed by atoms with E-state index in [1.54, 1.807) is 0 Å². The second kappa shape index (κ2) is 15.7. The lowest BCUT2D eigenvalue weighted by Crippen LogP contribution is -2.69. The molecule has 5 aliphatic carbocycles. The molecule has 0 aliphatic heterocycles. The van der Waals surface area contributed by atoms with Crippen LogP contribution in [0.1, 0.15) is 194 Å². The molecule has 1 nitrogen and oxygen atoms in total. The minimum Gasteiger partial charge on any atom is -0.298 e. The van der Waals surface area contributed by atoms with Gasteiger partial charge in [-0.05, 0) is 113 Å². The number of Topliss-reactive ketones (excluding diaryl/α,β-unsaturated/α-hetero) is 1. The van der Waals surface area contributed by atoms with Gasteiger partial charge in [-0.25, -0.2) is 4.39 Å². The molecule has 5 saturated carbocycles. The molecule has 0 heterocycles. The first-order valence-electron chi connectivity index (χ1n) is 19.7. The maximum absolute atomic E-state index is 16.3. The van der Waals surface area contributed by atoms with Gasteiger partial charge in [0, 0.05) is 0 Å². The van der Waals surface area contributed by atoms with Crippen molar-refractivity contribution in [1.82, 2.24) is 0 Å². The fourth-order valence-electron chi connectivity index (χ4n) is 11.4. The molecule has 2 heteroatoms. The lowest BCUT2D eigenvalue weighted by atomic mass is 9.41. The van der Waals surface area contributed by atoms with E-state index < -0.39 is 17.0 Å². The van der Waals surface area contributed by atoms with Gasteiger partial charge < -0.3 is 0 Å². The molecule has 0 bridgehead atoms. The normalized spacial score (nSPS) is 40.8. The lowest BCUT2D eigenvalue weighted by Gasteiger charge is -2.62. The van der Waals surface area contributed by atoms with Crippen molar-refractivity contribution in [3.8, 4) is 0 Å². The molecule has 0 radical (unpaired) electrons. The van der Waals surface area contributed by atoms with Crippen molar-refractivity contribution in [2.24, 2.45) is 46.3 Å². The molecule has 5 fully saturated rings. The van der Waals surface area contributed by atoms with Gasteiger partial charge in [0.1, 0.15) is 6.17 Å². The van der Waals surface area contributed by atoms with E-state index in [2.05, 4.69) is 13.8 Å². The quantitative estimate of drug-likeness (QED) is 0.186. The maximum atomic E-state index is 16.3. The largest absolute Gasteiger partial charge is 0.298 e. The molecule has 0 unspecified atom stereocenters. The van der Waals surface area contributed by atoms with E-state index in [1.165, 1.54) is 128 Å². The number of hydrogen-bond donors (Lipinski definition) is 0. The summed E-state index contributed by atoms with van der Waals surface area (Å²) in [6.45, 7) is 4.60. The van der Waals surface area contributed by atoms with Crippen molar-refractivity contribution in [2.45, 2.75) is 200 Å². The van der Waals surface area contributed by atoms with Gasteiger partial charge >= 0.3 is 0 Å². The molecular weight excluding hydrogens is 515 g/mol. The number of rotatable bonds is 14. The molecule has 0 saturated heterocycles. The summed E-state index contributed by atoms with van der Waals surface area (Å²) in [4.78, 5) is 13.9. The van der Waals surface area contributed by atoms with Gasteiger partial charge in [-0.2, -0.15) is 0 Å². The number of ketones is 1. The molecule has 5 aliphatic rings. The van der Waals surface area contributed by atoms with Crippen molar-refractivity contribution in [2.75, 3.05) is 0 Å². The Kier molecular flexibility index (Phi) is 12.4. The second-order valence-electron chi connectivity index (χ2n) is 16.6. The number of alkyl halides is 1. The molecule has 2 spiro atoms. The van der Waals surface area contributed by atoms with Crippen LogP contribution in [0, 0.1) is 46.3 Å². The zero-order valence-corrected chi connectivity index (χ0v) is 28.1. The molecule has 0 aromatic rings. The third kappa shape index (κ3) is 7.35. The SMILES string of the molecule is CCCCCCCC1CCC(C2CC[C@]3(CC2)C(=O)[C@@]2(CCC(C4CCC(CCCCCCC)CC4)CC2)[C@H]3F)CC1. The Hall–Kier alpha value is -0.400. The van der Waals surface area contributed by atoms with Crippen molar-refractivity contribution in [3.05, 3.63) is 0 Å². The van der Waals surface area contributed by atoms with Gasteiger partial charge in [0.2, 0.25) is 0 Å². The zero-order chi connectivity index (χ0) is 29.4. The number of unbranched alkanes of at least 4 members (excludes halogenated alkanes) is 8. The first-order valence-corrected chi connectivity index (χ1v) is 19.7. The smallest absolute Gasteiger partial charge is 0.151 e. The molecule has 42 heavy (non-hydrogen) atoms. The highest BCUT2D eigenvalue weighted by Gasteiger charge is 2.71. The fourth-order valence-corrected chi connectivity index (χ4v) is 11.4. The minimum atomic E-state index is -0.841. The molecule has 0 aromatic carbocycles. The number of hydrogen-bond acceptors (Lipinski definition) is 1. The lowest BCUT2D eigenvalue weighted by molar-refractivity contribution is -0.194. The average molecular weight is 585 g/mol. The highest BCUT2D eigenvalue weighted by atomic mass is 19.1.